The van der Waals surface area contributed by atoms with Crippen molar-refractivity contribution in [2.75, 3.05) is 17.2 Å². The van der Waals surface area contributed by atoms with E-state index in [0.717, 1.165) is 58.0 Å². The van der Waals surface area contributed by atoms with Crippen LogP contribution in [-0.4, -0.2) is 46.0 Å². The second-order valence-electron chi connectivity index (χ2n) is 7.66. The molecule has 2 aliphatic rings. The Morgan fingerprint density at radius 1 is 1.15 bits per heavy atom. The van der Waals surface area contributed by atoms with Gasteiger partial charge in [-0.2, -0.15) is 10.2 Å². The molecule has 2 aliphatic carbocycles. The molecule has 3 N–H and O–H groups in total. The molecule has 0 spiro atoms. The molecule has 7 nitrogen and oxygen atoms in total. The van der Waals surface area contributed by atoms with Crippen LogP contribution in [0.25, 0.3) is 0 Å². The maximum atomic E-state index is 10.0. The van der Waals surface area contributed by atoms with E-state index in [2.05, 4.69) is 26.7 Å². The average Bonchev–Trinajstić information content (AvgIpc) is 2.87. The minimum atomic E-state index is -0.282. The number of aromatic nitrogens is 2. The summed E-state index contributed by atoms with van der Waals surface area (Å²) in [4.78, 5) is 8.89. The average molecular weight is 374 g/mol. The lowest BCUT2D eigenvalue weighted by atomic mass is 9.93. The van der Waals surface area contributed by atoms with Crippen molar-refractivity contribution in [3.8, 4) is 6.07 Å². The van der Waals surface area contributed by atoms with Crippen molar-refractivity contribution in [1.29, 1.82) is 5.26 Å². The Hall–Kier alpha value is -1.91. The van der Waals surface area contributed by atoms with Crippen molar-refractivity contribution in [2.45, 2.75) is 89.0 Å². The highest BCUT2D eigenvalue weighted by Crippen LogP contribution is 2.25. The Morgan fingerprint density at radius 2 is 1.93 bits per heavy atom. The molecule has 0 bridgehead atoms. The monoisotopic (exact) mass is 373 g/mol. The van der Waals surface area contributed by atoms with Crippen molar-refractivity contribution in [2.24, 2.45) is 0 Å². The molecule has 1 aromatic rings. The van der Waals surface area contributed by atoms with Crippen LogP contribution in [0.4, 0.5) is 11.8 Å². The van der Waals surface area contributed by atoms with Crippen molar-refractivity contribution in [1.82, 2.24) is 9.97 Å². The maximum absolute atomic E-state index is 10.0. The molecule has 0 aromatic carbocycles. The Labute approximate surface area is 161 Å². The summed E-state index contributed by atoms with van der Waals surface area (Å²) in [6.45, 7) is 2.81. The molecule has 0 saturated heterocycles. The van der Waals surface area contributed by atoms with E-state index in [-0.39, 0.29) is 12.1 Å². The number of aliphatic hydroxyl groups is 1. The summed E-state index contributed by atoms with van der Waals surface area (Å²) >= 11 is 0. The van der Waals surface area contributed by atoms with Crippen molar-refractivity contribution in [3.05, 3.63) is 11.8 Å². The van der Waals surface area contributed by atoms with E-state index in [4.69, 9.17) is 4.74 Å². The van der Waals surface area contributed by atoms with Gasteiger partial charge in [0.15, 0.2) is 0 Å². The standard InChI is InChI=1S/C20H31N5O2/c1-2-27-18-9-7-15(8-10-18)24-20-22-13-14(12-21)19(25-20)23-16-5-3-4-6-17(26)11-16/h13,15-18,26H,2-11H2,1H3,(H2,22,23,24,25)/t15?,16-,17+,18?/m1/s1. The summed E-state index contributed by atoms with van der Waals surface area (Å²) < 4.78 is 5.71. The van der Waals surface area contributed by atoms with E-state index in [1.807, 2.05) is 6.92 Å². The van der Waals surface area contributed by atoms with Gasteiger partial charge in [-0.05, 0) is 51.9 Å². The molecule has 1 heterocycles. The van der Waals surface area contributed by atoms with Crippen LogP contribution in [-0.2, 0) is 4.74 Å². The molecule has 3 rings (SSSR count). The van der Waals surface area contributed by atoms with Gasteiger partial charge in [0.05, 0.1) is 18.4 Å². The number of nitrogens with one attached hydrogen (secondary N) is 2. The first-order valence-corrected chi connectivity index (χ1v) is 10.3. The van der Waals surface area contributed by atoms with Gasteiger partial charge in [0.2, 0.25) is 5.95 Å². The zero-order valence-corrected chi connectivity index (χ0v) is 16.2. The second kappa shape index (κ2) is 9.86. The molecule has 2 fully saturated rings. The summed E-state index contributed by atoms with van der Waals surface area (Å²) in [6.07, 6.45) is 10.5. The Bertz CT molecular complexity index is 640. The lowest BCUT2D eigenvalue weighted by molar-refractivity contribution is 0.0346. The number of hydrogen-bond acceptors (Lipinski definition) is 7. The van der Waals surface area contributed by atoms with E-state index < -0.39 is 0 Å². The van der Waals surface area contributed by atoms with E-state index in [1.54, 1.807) is 6.20 Å². The fraction of sp³-hybridized carbons (Fsp3) is 0.750. The highest BCUT2D eigenvalue weighted by molar-refractivity contribution is 5.54. The molecule has 27 heavy (non-hydrogen) atoms. The predicted octanol–water partition coefficient (Wildman–Crippen LogP) is 3.21. The third kappa shape index (κ3) is 5.78. The summed E-state index contributed by atoms with van der Waals surface area (Å²) in [7, 11) is 0. The predicted molar refractivity (Wildman–Crippen MR) is 105 cm³/mol. The van der Waals surface area contributed by atoms with Crippen LogP contribution in [0.2, 0.25) is 0 Å². The first-order chi connectivity index (χ1) is 13.2. The Balaban J connectivity index is 1.62. The molecule has 0 radical (unpaired) electrons. The highest BCUT2D eigenvalue weighted by atomic mass is 16.5. The molecular formula is C20H31N5O2. The molecule has 7 heteroatoms. The van der Waals surface area contributed by atoms with Crippen LogP contribution in [0.3, 0.4) is 0 Å². The third-order valence-corrected chi connectivity index (χ3v) is 5.56. The summed E-state index contributed by atoms with van der Waals surface area (Å²) in [6, 6.07) is 2.64. The number of nitriles is 1. The molecule has 0 unspecified atom stereocenters. The smallest absolute Gasteiger partial charge is 0.224 e. The van der Waals surface area contributed by atoms with E-state index in [1.165, 1.54) is 0 Å². The summed E-state index contributed by atoms with van der Waals surface area (Å²) in [5, 5.41) is 26.2. The van der Waals surface area contributed by atoms with Gasteiger partial charge >= 0.3 is 0 Å². The lowest BCUT2D eigenvalue weighted by Gasteiger charge is -2.29. The summed E-state index contributed by atoms with van der Waals surface area (Å²) in [5.74, 6) is 1.13. The molecule has 1 aromatic heterocycles. The number of hydrogen-bond donors (Lipinski definition) is 3. The Kier molecular flexibility index (Phi) is 7.25. The molecule has 0 amide bonds. The van der Waals surface area contributed by atoms with Gasteiger partial charge in [-0.3, -0.25) is 0 Å². The Morgan fingerprint density at radius 3 is 2.67 bits per heavy atom. The molecule has 0 aliphatic heterocycles. The van der Waals surface area contributed by atoms with Crippen LogP contribution in [0, 0.1) is 11.3 Å². The van der Waals surface area contributed by atoms with Gasteiger partial charge < -0.3 is 20.5 Å². The largest absolute Gasteiger partial charge is 0.393 e. The molecule has 2 atom stereocenters. The highest BCUT2D eigenvalue weighted by Gasteiger charge is 2.23. The summed E-state index contributed by atoms with van der Waals surface area (Å²) in [5.41, 5.74) is 0.444. The topological polar surface area (TPSA) is 103 Å². The molecular weight excluding hydrogens is 342 g/mol. The van der Waals surface area contributed by atoms with Gasteiger partial charge in [-0.1, -0.05) is 12.8 Å². The van der Waals surface area contributed by atoms with Crippen molar-refractivity contribution < 1.29 is 9.84 Å². The first kappa shape index (κ1) is 19.8. The number of anilines is 2. The number of aliphatic hydroxyl groups excluding tert-OH is 1. The number of nitrogens with zero attached hydrogens (tertiary/aromatic N) is 3. The minimum Gasteiger partial charge on any atom is -0.393 e. The van der Waals surface area contributed by atoms with Crippen LogP contribution in [0.15, 0.2) is 6.20 Å². The van der Waals surface area contributed by atoms with Crippen molar-refractivity contribution in [3.63, 3.8) is 0 Å². The third-order valence-electron chi connectivity index (χ3n) is 5.56. The van der Waals surface area contributed by atoms with E-state index in [0.29, 0.717) is 35.9 Å². The van der Waals surface area contributed by atoms with Gasteiger partial charge in [0.25, 0.3) is 0 Å². The first-order valence-electron chi connectivity index (χ1n) is 10.3. The maximum Gasteiger partial charge on any atom is 0.224 e. The van der Waals surface area contributed by atoms with Gasteiger partial charge in [-0.15, -0.1) is 0 Å². The van der Waals surface area contributed by atoms with E-state index >= 15 is 0 Å². The number of rotatable bonds is 6. The van der Waals surface area contributed by atoms with Gasteiger partial charge in [-0.25, -0.2) is 4.98 Å². The minimum absolute atomic E-state index is 0.138. The quantitative estimate of drug-likeness (QED) is 0.658. The second-order valence-corrected chi connectivity index (χ2v) is 7.66. The molecule has 2 saturated carbocycles. The van der Waals surface area contributed by atoms with Crippen LogP contribution < -0.4 is 10.6 Å². The molecule has 148 valence electrons. The fourth-order valence-electron chi connectivity index (χ4n) is 4.09. The number of ether oxygens (including phenoxy) is 1. The van der Waals surface area contributed by atoms with Crippen molar-refractivity contribution >= 4 is 11.8 Å². The zero-order valence-electron chi connectivity index (χ0n) is 16.2. The van der Waals surface area contributed by atoms with Gasteiger partial charge in [0.1, 0.15) is 17.5 Å². The van der Waals surface area contributed by atoms with Crippen LogP contribution in [0.1, 0.15) is 70.3 Å². The normalized spacial score (nSPS) is 28.8. The van der Waals surface area contributed by atoms with Crippen LogP contribution in [0.5, 0.6) is 0 Å². The van der Waals surface area contributed by atoms with Crippen LogP contribution >= 0.6 is 0 Å². The van der Waals surface area contributed by atoms with Gasteiger partial charge in [0, 0.05) is 18.7 Å². The van der Waals surface area contributed by atoms with E-state index in [9.17, 15) is 10.4 Å². The fourth-order valence-corrected chi connectivity index (χ4v) is 4.09. The zero-order chi connectivity index (χ0) is 19.1. The SMILES string of the molecule is CCOC1CCC(Nc2ncc(C#N)c(N[C@@H]3CCCC[C@H](O)C3)n2)CC1. The lowest BCUT2D eigenvalue weighted by Crippen LogP contribution is -2.30.